The Bertz CT molecular complexity index is 378. The van der Waals surface area contributed by atoms with E-state index in [9.17, 15) is 4.39 Å². The Morgan fingerprint density at radius 3 is 2.53 bits per heavy atom. The first kappa shape index (κ1) is 15.9. The van der Waals surface area contributed by atoms with E-state index >= 15 is 0 Å². The highest BCUT2D eigenvalue weighted by molar-refractivity contribution is 5.29. The Morgan fingerprint density at radius 2 is 2.00 bits per heavy atom. The summed E-state index contributed by atoms with van der Waals surface area (Å²) in [6.07, 6.45) is 0.677. The van der Waals surface area contributed by atoms with Crippen molar-refractivity contribution in [3.63, 3.8) is 0 Å². The van der Waals surface area contributed by atoms with E-state index in [0.717, 1.165) is 25.2 Å². The van der Waals surface area contributed by atoms with Crippen LogP contribution >= 0.6 is 0 Å². The minimum Gasteiger partial charge on any atom is -0.489 e. The molecule has 1 unspecified atom stereocenters. The van der Waals surface area contributed by atoms with E-state index in [0.29, 0.717) is 18.8 Å². The molecule has 0 aliphatic heterocycles. The maximum Gasteiger partial charge on any atom is 0.165 e. The second-order valence-electron chi connectivity index (χ2n) is 4.82. The second-order valence-corrected chi connectivity index (χ2v) is 4.82. The molecule has 0 saturated carbocycles. The van der Waals surface area contributed by atoms with Crippen LogP contribution in [0.1, 0.15) is 26.3 Å². The van der Waals surface area contributed by atoms with Crippen LogP contribution in [0.4, 0.5) is 4.39 Å². The predicted octanol–water partition coefficient (Wildman–Crippen LogP) is 2.44. The highest BCUT2D eigenvalue weighted by atomic mass is 19.1. The molecule has 1 rings (SSSR count). The molecule has 0 heterocycles. The van der Waals surface area contributed by atoms with Crippen LogP contribution in [0.3, 0.4) is 0 Å². The van der Waals surface area contributed by atoms with E-state index in [2.05, 4.69) is 18.7 Å². The lowest BCUT2D eigenvalue weighted by molar-refractivity contribution is 0.217. The molecule has 0 fully saturated rings. The first-order valence-electron chi connectivity index (χ1n) is 6.96. The van der Waals surface area contributed by atoms with Gasteiger partial charge in [-0.25, -0.2) is 4.39 Å². The zero-order valence-electron chi connectivity index (χ0n) is 12.2. The lowest BCUT2D eigenvalue weighted by Gasteiger charge is -2.18. The van der Waals surface area contributed by atoms with Crippen molar-refractivity contribution in [2.24, 2.45) is 5.73 Å². The maximum atomic E-state index is 13.8. The SMILES string of the molecule is CCN(CC)CCOc1ccc(CC(C)N)cc1F. The van der Waals surface area contributed by atoms with Crippen molar-refractivity contribution in [2.75, 3.05) is 26.2 Å². The van der Waals surface area contributed by atoms with Crippen molar-refractivity contribution in [3.05, 3.63) is 29.6 Å². The number of ether oxygens (including phenoxy) is 1. The maximum absolute atomic E-state index is 13.8. The quantitative estimate of drug-likeness (QED) is 0.787. The van der Waals surface area contributed by atoms with Gasteiger partial charge in [0.05, 0.1) is 0 Å². The van der Waals surface area contributed by atoms with Crippen LogP contribution in [0, 0.1) is 5.82 Å². The summed E-state index contributed by atoms with van der Waals surface area (Å²) in [6.45, 7) is 9.40. The summed E-state index contributed by atoms with van der Waals surface area (Å²) in [5, 5.41) is 0. The van der Waals surface area contributed by atoms with Crippen LogP contribution in [0.25, 0.3) is 0 Å². The van der Waals surface area contributed by atoms with Gasteiger partial charge in [-0.3, -0.25) is 0 Å². The van der Waals surface area contributed by atoms with Crippen LogP contribution in [0.5, 0.6) is 5.75 Å². The molecule has 1 atom stereocenters. The number of benzene rings is 1. The Balaban J connectivity index is 2.50. The monoisotopic (exact) mass is 268 g/mol. The van der Waals surface area contributed by atoms with Gasteiger partial charge in [-0.05, 0) is 44.1 Å². The minimum atomic E-state index is -0.308. The highest BCUT2D eigenvalue weighted by Crippen LogP contribution is 2.19. The number of rotatable bonds is 8. The largest absolute Gasteiger partial charge is 0.489 e. The lowest BCUT2D eigenvalue weighted by atomic mass is 10.1. The number of nitrogens with two attached hydrogens (primary N) is 1. The van der Waals surface area contributed by atoms with Crippen molar-refractivity contribution >= 4 is 0 Å². The van der Waals surface area contributed by atoms with Crippen LogP contribution < -0.4 is 10.5 Å². The number of hydrogen-bond acceptors (Lipinski definition) is 3. The fraction of sp³-hybridized carbons (Fsp3) is 0.600. The van der Waals surface area contributed by atoms with Gasteiger partial charge in [0, 0.05) is 12.6 Å². The van der Waals surface area contributed by atoms with Crippen LogP contribution in [-0.2, 0) is 6.42 Å². The van der Waals surface area contributed by atoms with Gasteiger partial charge in [-0.2, -0.15) is 0 Å². The third-order valence-electron chi connectivity index (χ3n) is 3.11. The summed E-state index contributed by atoms with van der Waals surface area (Å²) in [5.41, 5.74) is 6.60. The molecule has 4 heteroatoms. The molecule has 0 radical (unpaired) electrons. The van der Waals surface area contributed by atoms with Crippen LogP contribution in [0.15, 0.2) is 18.2 Å². The Kier molecular flexibility index (Phi) is 6.81. The average molecular weight is 268 g/mol. The first-order valence-corrected chi connectivity index (χ1v) is 6.96. The summed E-state index contributed by atoms with van der Waals surface area (Å²) in [6, 6.07) is 5.11. The fourth-order valence-electron chi connectivity index (χ4n) is 1.98. The van der Waals surface area contributed by atoms with Crippen molar-refractivity contribution in [1.82, 2.24) is 4.90 Å². The zero-order chi connectivity index (χ0) is 14.3. The molecule has 2 N–H and O–H groups in total. The van der Waals surface area contributed by atoms with E-state index in [1.807, 2.05) is 13.0 Å². The minimum absolute atomic E-state index is 0.0360. The fourth-order valence-corrected chi connectivity index (χ4v) is 1.98. The van der Waals surface area contributed by atoms with E-state index in [4.69, 9.17) is 10.5 Å². The molecule has 0 amide bonds. The number of likely N-dealkylation sites (N-methyl/N-ethyl adjacent to an activating group) is 1. The van der Waals surface area contributed by atoms with E-state index in [-0.39, 0.29) is 11.9 Å². The van der Waals surface area contributed by atoms with Gasteiger partial charge in [0.25, 0.3) is 0 Å². The van der Waals surface area contributed by atoms with Crippen molar-refractivity contribution in [2.45, 2.75) is 33.2 Å². The average Bonchev–Trinajstić information content (AvgIpc) is 2.36. The summed E-state index contributed by atoms with van der Waals surface area (Å²) in [4.78, 5) is 2.24. The molecule has 0 aromatic heterocycles. The molecular weight excluding hydrogens is 243 g/mol. The molecule has 0 bridgehead atoms. The molecule has 0 aliphatic carbocycles. The Morgan fingerprint density at radius 1 is 1.32 bits per heavy atom. The Hall–Kier alpha value is -1.13. The Labute approximate surface area is 115 Å². The second kappa shape index (κ2) is 8.12. The molecule has 108 valence electrons. The molecule has 1 aromatic carbocycles. The molecule has 19 heavy (non-hydrogen) atoms. The predicted molar refractivity (Wildman–Crippen MR) is 77.0 cm³/mol. The van der Waals surface area contributed by atoms with E-state index in [1.165, 1.54) is 6.07 Å². The smallest absolute Gasteiger partial charge is 0.165 e. The van der Waals surface area contributed by atoms with Crippen LogP contribution in [-0.4, -0.2) is 37.2 Å². The van der Waals surface area contributed by atoms with Gasteiger partial charge in [0.15, 0.2) is 11.6 Å². The van der Waals surface area contributed by atoms with Gasteiger partial charge < -0.3 is 15.4 Å². The summed E-state index contributed by atoms with van der Waals surface area (Å²) < 4.78 is 19.3. The summed E-state index contributed by atoms with van der Waals surface area (Å²) >= 11 is 0. The zero-order valence-corrected chi connectivity index (χ0v) is 12.2. The molecule has 0 aliphatic rings. The van der Waals surface area contributed by atoms with E-state index in [1.54, 1.807) is 6.07 Å². The van der Waals surface area contributed by atoms with Gasteiger partial charge in [0.1, 0.15) is 6.61 Å². The third kappa shape index (κ3) is 5.57. The number of nitrogens with zero attached hydrogens (tertiary/aromatic N) is 1. The van der Waals surface area contributed by atoms with Crippen molar-refractivity contribution in [1.29, 1.82) is 0 Å². The van der Waals surface area contributed by atoms with Crippen molar-refractivity contribution < 1.29 is 9.13 Å². The van der Waals surface area contributed by atoms with E-state index < -0.39 is 0 Å². The summed E-state index contributed by atoms with van der Waals surface area (Å²) in [7, 11) is 0. The number of hydrogen-bond donors (Lipinski definition) is 1. The molecule has 1 aromatic rings. The normalized spacial score (nSPS) is 12.7. The molecule has 0 saturated heterocycles. The molecular formula is C15H25FN2O. The van der Waals surface area contributed by atoms with Crippen molar-refractivity contribution in [3.8, 4) is 5.75 Å². The number of halogens is 1. The van der Waals surface area contributed by atoms with Gasteiger partial charge in [-0.1, -0.05) is 19.9 Å². The highest BCUT2D eigenvalue weighted by Gasteiger charge is 2.07. The topological polar surface area (TPSA) is 38.5 Å². The lowest BCUT2D eigenvalue weighted by Crippen LogP contribution is -2.28. The van der Waals surface area contributed by atoms with Crippen LogP contribution in [0.2, 0.25) is 0 Å². The summed E-state index contributed by atoms with van der Waals surface area (Å²) in [5.74, 6) is 0.0123. The molecule has 0 spiro atoms. The van der Waals surface area contributed by atoms with Gasteiger partial charge in [-0.15, -0.1) is 0 Å². The standard InChI is InChI=1S/C15H25FN2O/c1-4-18(5-2)8-9-19-15-7-6-13(10-12(3)17)11-14(15)16/h6-7,11-12H,4-5,8-10,17H2,1-3H3. The third-order valence-corrected chi connectivity index (χ3v) is 3.11. The first-order chi connectivity index (χ1) is 9.06. The van der Waals surface area contributed by atoms with Gasteiger partial charge in [0.2, 0.25) is 0 Å². The van der Waals surface area contributed by atoms with Gasteiger partial charge >= 0.3 is 0 Å². The molecule has 3 nitrogen and oxygen atoms in total.